The van der Waals surface area contributed by atoms with Crippen molar-refractivity contribution in [2.45, 2.75) is 50.5 Å². The number of amides is 1. The summed E-state index contributed by atoms with van der Waals surface area (Å²) in [5.41, 5.74) is 3.27. The summed E-state index contributed by atoms with van der Waals surface area (Å²) in [5, 5.41) is 2.89. The largest absolute Gasteiger partial charge is 0.497 e. The van der Waals surface area contributed by atoms with E-state index in [4.69, 9.17) is 4.74 Å². The maximum atomic E-state index is 13.0. The van der Waals surface area contributed by atoms with Crippen molar-refractivity contribution in [2.24, 2.45) is 5.92 Å². The summed E-state index contributed by atoms with van der Waals surface area (Å²) in [5.74, 6) is 0.0450. The molecule has 0 aliphatic heterocycles. The topological polar surface area (TPSA) is 84.5 Å². The Morgan fingerprint density at radius 2 is 1.79 bits per heavy atom. The number of nitrogens with one attached hydrogen (secondary N) is 2. The van der Waals surface area contributed by atoms with E-state index in [0.29, 0.717) is 17.9 Å². The lowest BCUT2D eigenvalue weighted by Crippen LogP contribution is -2.47. The molecule has 1 aliphatic rings. The summed E-state index contributed by atoms with van der Waals surface area (Å²) < 4.78 is 33.3. The number of anilines is 1. The quantitative estimate of drug-likeness (QED) is 0.690. The first-order valence-corrected chi connectivity index (χ1v) is 11.4. The van der Waals surface area contributed by atoms with Crippen molar-refractivity contribution in [1.29, 1.82) is 0 Å². The normalized spacial score (nSPS) is 15.4. The van der Waals surface area contributed by atoms with Crippen molar-refractivity contribution < 1.29 is 17.9 Å². The molecule has 0 saturated carbocycles. The van der Waals surface area contributed by atoms with Crippen LogP contribution in [0.2, 0.25) is 0 Å². The van der Waals surface area contributed by atoms with Crippen LogP contribution < -0.4 is 14.8 Å². The van der Waals surface area contributed by atoms with Crippen molar-refractivity contribution in [3.63, 3.8) is 0 Å². The molecule has 2 aromatic rings. The SMILES string of the molecule is CCC(C)C(NS(=O)(=O)c1ccc(OC)cc1)C(=O)Nc1ccc2c(c1)CCC2. The molecule has 7 heteroatoms. The van der Waals surface area contributed by atoms with Gasteiger partial charge in [0.05, 0.1) is 12.0 Å². The fourth-order valence-corrected chi connectivity index (χ4v) is 4.83. The lowest BCUT2D eigenvalue weighted by Gasteiger charge is -2.23. The molecule has 2 atom stereocenters. The van der Waals surface area contributed by atoms with Gasteiger partial charge >= 0.3 is 0 Å². The number of hydrogen-bond acceptors (Lipinski definition) is 4. The second-order valence-corrected chi connectivity index (χ2v) is 9.20. The maximum Gasteiger partial charge on any atom is 0.242 e. The molecule has 2 aromatic carbocycles. The lowest BCUT2D eigenvalue weighted by atomic mass is 9.99. The van der Waals surface area contributed by atoms with E-state index in [0.717, 1.165) is 19.3 Å². The predicted octanol–water partition coefficient (Wildman–Crippen LogP) is 3.52. The van der Waals surface area contributed by atoms with Crippen molar-refractivity contribution in [3.05, 3.63) is 53.6 Å². The van der Waals surface area contributed by atoms with Crippen LogP contribution in [-0.2, 0) is 27.7 Å². The molecule has 2 N–H and O–H groups in total. The molecule has 3 rings (SSSR count). The second-order valence-electron chi connectivity index (χ2n) is 7.49. The number of hydrogen-bond donors (Lipinski definition) is 2. The Kier molecular flexibility index (Phi) is 6.59. The minimum absolute atomic E-state index is 0.0944. The van der Waals surface area contributed by atoms with Gasteiger partial charge in [0.25, 0.3) is 0 Å². The molecule has 0 radical (unpaired) electrons. The van der Waals surface area contributed by atoms with Gasteiger partial charge in [-0.25, -0.2) is 8.42 Å². The van der Waals surface area contributed by atoms with Crippen LogP contribution in [0, 0.1) is 5.92 Å². The van der Waals surface area contributed by atoms with Crippen molar-refractivity contribution in [3.8, 4) is 5.75 Å². The molecule has 0 bridgehead atoms. The van der Waals surface area contributed by atoms with Crippen LogP contribution in [0.25, 0.3) is 0 Å². The maximum absolute atomic E-state index is 13.0. The van der Waals surface area contributed by atoms with Gasteiger partial charge in [-0.15, -0.1) is 0 Å². The Bertz CT molecular complexity index is 971. The molecule has 156 valence electrons. The number of aryl methyl sites for hydroxylation is 2. The summed E-state index contributed by atoms with van der Waals surface area (Å²) in [7, 11) is -2.33. The minimum atomic E-state index is -3.85. The first-order valence-electron chi connectivity index (χ1n) is 9.93. The Balaban J connectivity index is 1.78. The average Bonchev–Trinajstić information content (AvgIpc) is 3.19. The molecular formula is C22H28N2O4S. The average molecular weight is 417 g/mol. The summed E-state index contributed by atoms with van der Waals surface area (Å²) in [6.07, 6.45) is 3.87. The van der Waals surface area contributed by atoms with E-state index in [2.05, 4.69) is 10.0 Å². The standard InChI is InChI=1S/C22H28N2O4S/c1-4-15(2)21(24-29(26,27)20-12-10-19(28-3)11-13-20)22(25)23-18-9-8-16-6-5-7-17(16)14-18/h8-15,21,24H,4-7H2,1-3H3,(H,23,25). The molecule has 0 heterocycles. The van der Waals surface area contributed by atoms with E-state index < -0.39 is 16.1 Å². The van der Waals surface area contributed by atoms with Crippen LogP contribution in [0.1, 0.15) is 37.8 Å². The van der Waals surface area contributed by atoms with E-state index >= 15 is 0 Å². The zero-order valence-corrected chi connectivity index (χ0v) is 17.9. The Labute approximate surface area is 172 Å². The number of ether oxygens (including phenoxy) is 1. The molecule has 1 amide bonds. The number of benzene rings is 2. The molecule has 0 fully saturated rings. The molecular weight excluding hydrogens is 388 g/mol. The third-order valence-corrected chi connectivity index (χ3v) is 6.97. The highest BCUT2D eigenvalue weighted by Crippen LogP contribution is 2.25. The first-order chi connectivity index (χ1) is 13.8. The van der Waals surface area contributed by atoms with Crippen molar-refractivity contribution >= 4 is 21.6 Å². The van der Waals surface area contributed by atoms with Crippen LogP contribution in [0.5, 0.6) is 5.75 Å². The molecule has 0 spiro atoms. The zero-order valence-electron chi connectivity index (χ0n) is 17.1. The molecule has 2 unspecified atom stereocenters. The minimum Gasteiger partial charge on any atom is -0.497 e. The fraction of sp³-hybridized carbons (Fsp3) is 0.409. The molecule has 6 nitrogen and oxygen atoms in total. The molecule has 0 saturated heterocycles. The van der Waals surface area contributed by atoms with E-state index in [1.165, 1.54) is 30.4 Å². The highest BCUT2D eigenvalue weighted by molar-refractivity contribution is 7.89. The summed E-state index contributed by atoms with van der Waals surface area (Å²) in [6, 6.07) is 11.1. The zero-order chi connectivity index (χ0) is 21.0. The van der Waals surface area contributed by atoms with Gasteiger partial charge in [0, 0.05) is 5.69 Å². The molecule has 29 heavy (non-hydrogen) atoms. The monoisotopic (exact) mass is 416 g/mol. The van der Waals surface area contributed by atoms with Gasteiger partial charge in [0.2, 0.25) is 15.9 Å². The van der Waals surface area contributed by atoms with Gasteiger partial charge in [-0.05, 0) is 72.7 Å². The van der Waals surface area contributed by atoms with Crippen LogP contribution in [0.4, 0.5) is 5.69 Å². The summed E-state index contributed by atoms with van der Waals surface area (Å²) >= 11 is 0. The van der Waals surface area contributed by atoms with Crippen molar-refractivity contribution in [2.75, 3.05) is 12.4 Å². The third-order valence-electron chi connectivity index (χ3n) is 5.51. The van der Waals surface area contributed by atoms with Gasteiger partial charge < -0.3 is 10.1 Å². The van der Waals surface area contributed by atoms with Gasteiger partial charge in [0.15, 0.2) is 0 Å². The van der Waals surface area contributed by atoms with Gasteiger partial charge in [-0.3, -0.25) is 4.79 Å². The lowest BCUT2D eigenvalue weighted by molar-refractivity contribution is -0.118. The highest BCUT2D eigenvalue weighted by atomic mass is 32.2. The molecule has 0 aromatic heterocycles. The number of fused-ring (bicyclic) bond motifs is 1. The Hall–Kier alpha value is -2.38. The van der Waals surface area contributed by atoms with Crippen LogP contribution in [0.15, 0.2) is 47.4 Å². The third kappa shape index (κ3) is 4.97. The Morgan fingerprint density at radius 3 is 2.45 bits per heavy atom. The predicted molar refractivity (Wildman–Crippen MR) is 114 cm³/mol. The number of rotatable bonds is 8. The van der Waals surface area contributed by atoms with E-state index in [9.17, 15) is 13.2 Å². The number of carbonyl (C=O) groups excluding carboxylic acids is 1. The van der Waals surface area contributed by atoms with E-state index in [1.807, 2.05) is 32.0 Å². The van der Waals surface area contributed by atoms with Gasteiger partial charge in [0.1, 0.15) is 11.8 Å². The first kappa shape index (κ1) is 21.3. The highest BCUT2D eigenvalue weighted by Gasteiger charge is 2.30. The van der Waals surface area contributed by atoms with Gasteiger partial charge in [-0.1, -0.05) is 26.3 Å². The number of carbonyl (C=O) groups is 1. The summed E-state index contributed by atoms with van der Waals surface area (Å²) in [6.45, 7) is 3.80. The van der Waals surface area contributed by atoms with Crippen LogP contribution in [-0.4, -0.2) is 27.5 Å². The number of sulfonamides is 1. The van der Waals surface area contributed by atoms with Crippen LogP contribution in [0.3, 0.4) is 0 Å². The van der Waals surface area contributed by atoms with E-state index in [1.54, 1.807) is 12.1 Å². The van der Waals surface area contributed by atoms with Gasteiger partial charge in [-0.2, -0.15) is 4.72 Å². The summed E-state index contributed by atoms with van der Waals surface area (Å²) in [4.78, 5) is 13.1. The number of methoxy groups -OCH3 is 1. The fourth-order valence-electron chi connectivity index (χ4n) is 3.52. The second kappa shape index (κ2) is 8.97. The Morgan fingerprint density at radius 1 is 1.10 bits per heavy atom. The smallest absolute Gasteiger partial charge is 0.242 e. The van der Waals surface area contributed by atoms with Crippen LogP contribution >= 0.6 is 0 Å². The van der Waals surface area contributed by atoms with Crippen molar-refractivity contribution in [1.82, 2.24) is 4.72 Å². The van der Waals surface area contributed by atoms with E-state index in [-0.39, 0.29) is 16.7 Å². The molecule has 1 aliphatic carbocycles.